The van der Waals surface area contributed by atoms with Gasteiger partial charge in [0.15, 0.2) is 0 Å². The highest BCUT2D eigenvalue weighted by Crippen LogP contribution is 2.28. The highest BCUT2D eigenvalue weighted by atomic mass is 35.5. The Hall–Kier alpha value is -2.60. The second kappa shape index (κ2) is 5.58. The quantitative estimate of drug-likeness (QED) is 0.516. The number of carbonyl (C=O) groups excluding carboxylic acids is 1. The Morgan fingerprint density at radius 3 is 2.65 bits per heavy atom. The Kier molecular flexibility index (Phi) is 3.86. The van der Waals surface area contributed by atoms with Crippen LogP contribution in [0, 0.1) is 10.1 Å². The van der Waals surface area contributed by atoms with Gasteiger partial charge in [0.25, 0.3) is 11.6 Å². The van der Waals surface area contributed by atoms with Gasteiger partial charge >= 0.3 is 0 Å². The summed E-state index contributed by atoms with van der Waals surface area (Å²) < 4.78 is 0. The van der Waals surface area contributed by atoms with Crippen LogP contribution in [0.25, 0.3) is 0 Å². The number of anilines is 2. The van der Waals surface area contributed by atoms with Crippen molar-refractivity contribution < 1.29 is 9.72 Å². The summed E-state index contributed by atoms with van der Waals surface area (Å²) >= 11 is 5.78. The third-order valence-electron chi connectivity index (χ3n) is 2.55. The summed E-state index contributed by atoms with van der Waals surface area (Å²) in [6, 6.07) is 10.2. The molecule has 0 atom stereocenters. The van der Waals surface area contributed by atoms with Gasteiger partial charge in [-0.15, -0.1) is 0 Å². The van der Waals surface area contributed by atoms with Crippen molar-refractivity contribution in [3.8, 4) is 0 Å². The number of nitrogens with zero attached hydrogens (tertiary/aromatic N) is 1. The summed E-state index contributed by atoms with van der Waals surface area (Å²) in [4.78, 5) is 22.3. The minimum Gasteiger partial charge on any atom is -0.399 e. The summed E-state index contributed by atoms with van der Waals surface area (Å²) in [5.41, 5.74) is 6.12. The van der Waals surface area contributed by atoms with Gasteiger partial charge in [-0.25, -0.2) is 0 Å². The second-order valence-corrected chi connectivity index (χ2v) is 4.43. The molecule has 0 aliphatic rings. The molecule has 0 aromatic heterocycles. The van der Waals surface area contributed by atoms with E-state index >= 15 is 0 Å². The van der Waals surface area contributed by atoms with E-state index in [1.165, 1.54) is 24.3 Å². The number of carbonyl (C=O) groups is 1. The molecule has 2 aromatic carbocycles. The normalized spacial score (nSPS) is 10.1. The lowest BCUT2D eigenvalue weighted by molar-refractivity contribution is -0.383. The molecule has 102 valence electrons. The Labute approximate surface area is 119 Å². The molecule has 0 unspecified atom stereocenters. The predicted octanol–water partition coefficient (Wildman–Crippen LogP) is 3.08. The van der Waals surface area contributed by atoms with E-state index < -0.39 is 10.8 Å². The lowest BCUT2D eigenvalue weighted by atomic mass is 10.2. The van der Waals surface area contributed by atoms with Gasteiger partial charge in [-0.3, -0.25) is 14.9 Å². The van der Waals surface area contributed by atoms with Crippen molar-refractivity contribution in [2.24, 2.45) is 0 Å². The number of nitrogens with two attached hydrogens (primary N) is 1. The van der Waals surface area contributed by atoms with E-state index in [0.29, 0.717) is 16.3 Å². The molecule has 0 bridgehead atoms. The molecule has 0 radical (unpaired) electrons. The van der Waals surface area contributed by atoms with Crippen molar-refractivity contribution in [1.82, 2.24) is 0 Å². The maximum absolute atomic E-state index is 12.0. The van der Waals surface area contributed by atoms with E-state index in [1.54, 1.807) is 18.2 Å². The minimum atomic E-state index is -0.592. The summed E-state index contributed by atoms with van der Waals surface area (Å²) in [5, 5.41) is 13.6. The Bertz CT molecular complexity index is 688. The van der Waals surface area contributed by atoms with E-state index in [0.717, 1.165) is 0 Å². The van der Waals surface area contributed by atoms with E-state index in [-0.39, 0.29) is 11.4 Å². The number of nitro groups is 1. The topological polar surface area (TPSA) is 98.3 Å². The van der Waals surface area contributed by atoms with Crippen molar-refractivity contribution >= 4 is 34.6 Å². The van der Waals surface area contributed by atoms with Gasteiger partial charge in [-0.05, 0) is 30.3 Å². The largest absolute Gasteiger partial charge is 0.399 e. The summed E-state index contributed by atoms with van der Waals surface area (Å²) in [6.45, 7) is 0. The van der Waals surface area contributed by atoms with Crippen LogP contribution in [0.1, 0.15) is 10.4 Å². The van der Waals surface area contributed by atoms with Crippen LogP contribution < -0.4 is 11.1 Å². The van der Waals surface area contributed by atoms with Gasteiger partial charge in [-0.2, -0.15) is 0 Å². The van der Waals surface area contributed by atoms with Crippen molar-refractivity contribution in [3.63, 3.8) is 0 Å². The first kappa shape index (κ1) is 13.8. The Balaban J connectivity index is 2.32. The average Bonchev–Trinajstić information content (AvgIpc) is 2.38. The van der Waals surface area contributed by atoms with Crippen LogP contribution in [0.5, 0.6) is 0 Å². The molecule has 20 heavy (non-hydrogen) atoms. The van der Waals surface area contributed by atoms with Gasteiger partial charge in [0.2, 0.25) is 0 Å². The fourth-order valence-corrected chi connectivity index (χ4v) is 1.81. The highest BCUT2D eigenvalue weighted by Gasteiger charge is 2.17. The third-order valence-corrected chi connectivity index (χ3v) is 2.79. The number of nitrogen functional groups attached to an aromatic ring is 1. The first-order valence-corrected chi connectivity index (χ1v) is 5.96. The van der Waals surface area contributed by atoms with Gasteiger partial charge in [-0.1, -0.05) is 17.7 Å². The zero-order chi connectivity index (χ0) is 14.7. The lowest BCUT2D eigenvalue weighted by Crippen LogP contribution is -2.13. The third kappa shape index (κ3) is 3.04. The van der Waals surface area contributed by atoms with Crippen LogP contribution in [0.4, 0.5) is 17.1 Å². The summed E-state index contributed by atoms with van der Waals surface area (Å²) in [7, 11) is 0. The highest BCUT2D eigenvalue weighted by molar-refractivity contribution is 6.31. The predicted molar refractivity (Wildman–Crippen MR) is 76.9 cm³/mol. The number of hydrogen-bond acceptors (Lipinski definition) is 4. The van der Waals surface area contributed by atoms with E-state index in [9.17, 15) is 14.9 Å². The zero-order valence-corrected chi connectivity index (χ0v) is 10.9. The number of nitro benzene ring substituents is 1. The molecule has 3 N–H and O–H groups in total. The monoisotopic (exact) mass is 291 g/mol. The Morgan fingerprint density at radius 2 is 2.00 bits per heavy atom. The van der Waals surface area contributed by atoms with Crippen molar-refractivity contribution in [1.29, 1.82) is 0 Å². The molecule has 0 spiro atoms. The maximum Gasteiger partial charge on any atom is 0.292 e. The first-order valence-electron chi connectivity index (χ1n) is 5.58. The SMILES string of the molecule is Nc1cccc(C(=O)Nc2cc(Cl)ccc2[N+](=O)[O-])c1. The van der Waals surface area contributed by atoms with Gasteiger partial charge in [0.1, 0.15) is 5.69 Å². The Morgan fingerprint density at radius 1 is 1.25 bits per heavy atom. The minimum absolute atomic E-state index is 0.0370. The molecule has 0 heterocycles. The number of rotatable bonds is 3. The number of halogens is 1. The average molecular weight is 292 g/mol. The van der Waals surface area contributed by atoms with Crippen molar-refractivity contribution in [2.75, 3.05) is 11.1 Å². The van der Waals surface area contributed by atoms with Crippen LogP contribution >= 0.6 is 11.6 Å². The first-order chi connectivity index (χ1) is 9.47. The molecule has 2 rings (SSSR count). The molecule has 1 amide bonds. The summed E-state index contributed by atoms with van der Waals surface area (Å²) in [5.74, 6) is -0.498. The molecule has 2 aromatic rings. The van der Waals surface area contributed by atoms with Gasteiger partial charge < -0.3 is 11.1 Å². The van der Waals surface area contributed by atoms with Gasteiger partial charge in [0.05, 0.1) is 4.92 Å². The molecule has 0 saturated heterocycles. The fourth-order valence-electron chi connectivity index (χ4n) is 1.64. The number of benzene rings is 2. The van der Waals surface area contributed by atoms with Crippen LogP contribution in [-0.4, -0.2) is 10.8 Å². The second-order valence-electron chi connectivity index (χ2n) is 4.00. The van der Waals surface area contributed by atoms with Crippen molar-refractivity contribution in [3.05, 3.63) is 63.2 Å². The molecule has 0 fully saturated rings. The summed E-state index contributed by atoms with van der Waals surface area (Å²) in [6.07, 6.45) is 0. The van der Waals surface area contributed by atoms with Crippen LogP contribution in [0.15, 0.2) is 42.5 Å². The number of amides is 1. The maximum atomic E-state index is 12.0. The van der Waals surface area contributed by atoms with E-state index in [4.69, 9.17) is 17.3 Å². The van der Waals surface area contributed by atoms with Crippen LogP contribution in [0.3, 0.4) is 0 Å². The fraction of sp³-hybridized carbons (Fsp3) is 0. The molecular weight excluding hydrogens is 282 g/mol. The van der Waals surface area contributed by atoms with Crippen molar-refractivity contribution in [2.45, 2.75) is 0 Å². The smallest absolute Gasteiger partial charge is 0.292 e. The lowest BCUT2D eigenvalue weighted by Gasteiger charge is -2.07. The standard InChI is InChI=1S/C13H10ClN3O3/c14-9-4-5-12(17(19)20)11(7-9)16-13(18)8-2-1-3-10(15)6-8/h1-7H,15H2,(H,16,18). The number of hydrogen-bond donors (Lipinski definition) is 2. The van der Waals surface area contributed by atoms with Gasteiger partial charge in [0, 0.05) is 22.3 Å². The molecule has 6 nitrogen and oxygen atoms in total. The molecule has 0 saturated carbocycles. The van der Waals surface area contributed by atoms with E-state index in [2.05, 4.69) is 5.32 Å². The van der Waals surface area contributed by atoms with Crippen LogP contribution in [0.2, 0.25) is 5.02 Å². The molecule has 0 aliphatic heterocycles. The molecular formula is C13H10ClN3O3. The van der Waals surface area contributed by atoms with E-state index in [1.807, 2.05) is 0 Å². The number of nitrogens with one attached hydrogen (secondary N) is 1. The molecule has 0 aliphatic carbocycles. The zero-order valence-electron chi connectivity index (χ0n) is 10.2. The van der Waals surface area contributed by atoms with Crippen LogP contribution in [-0.2, 0) is 0 Å². The molecule has 7 heteroatoms.